The summed E-state index contributed by atoms with van der Waals surface area (Å²) in [4.78, 5) is 2.49. The topological polar surface area (TPSA) is 35.5 Å². The molecule has 1 aliphatic heterocycles. The van der Waals surface area contributed by atoms with Crippen molar-refractivity contribution in [1.82, 2.24) is 10.2 Å². The zero-order valence-corrected chi connectivity index (χ0v) is 11.9. The molecule has 19 heavy (non-hydrogen) atoms. The molecule has 0 amide bonds. The van der Waals surface area contributed by atoms with E-state index in [0.717, 1.165) is 39.0 Å². The maximum atomic E-state index is 9.73. The molecule has 1 saturated heterocycles. The Kier molecular flexibility index (Phi) is 5.83. The zero-order valence-electron chi connectivity index (χ0n) is 11.9. The fourth-order valence-corrected chi connectivity index (χ4v) is 2.72. The highest BCUT2D eigenvalue weighted by atomic mass is 16.3. The Hall–Kier alpha value is -0.900. The molecule has 1 aromatic carbocycles. The normalized spacial score (nSPS) is 21.7. The van der Waals surface area contributed by atoms with Crippen LogP contribution in [0.4, 0.5) is 0 Å². The predicted octanol–water partition coefficient (Wildman–Crippen LogP) is 2.01. The molecule has 106 valence electrons. The van der Waals surface area contributed by atoms with Gasteiger partial charge in [0.15, 0.2) is 0 Å². The van der Waals surface area contributed by atoms with E-state index in [-0.39, 0.29) is 6.10 Å². The van der Waals surface area contributed by atoms with Crippen LogP contribution in [0.15, 0.2) is 30.3 Å². The van der Waals surface area contributed by atoms with Crippen molar-refractivity contribution in [2.45, 2.75) is 44.9 Å². The largest absolute Gasteiger partial charge is 0.392 e. The summed E-state index contributed by atoms with van der Waals surface area (Å²) in [5.41, 5.74) is 1.38. The van der Waals surface area contributed by atoms with Crippen molar-refractivity contribution < 1.29 is 5.11 Å². The van der Waals surface area contributed by atoms with Crippen LogP contribution in [0.1, 0.15) is 31.7 Å². The lowest BCUT2D eigenvalue weighted by molar-refractivity contribution is 0.156. The second-order valence-electron chi connectivity index (χ2n) is 5.56. The van der Waals surface area contributed by atoms with E-state index in [9.17, 15) is 5.11 Å². The van der Waals surface area contributed by atoms with Crippen LogP contribution in [0.25, 0.3) is 0 Å². The Morgan fingerprint density at radius 3 is 2.89 bits per heavy atom. The number of aliphatic hydroxyl groups is 1. The van der Waals surface area contributed by atoms with Gasteiger partial charge < -0.3 is 10.4 Å². The molecular weight excluding hydrogens is 236 g/mol. The van der Waals surface area contributed by atoms with Gasteiger partial charge in [0.05, 0.1) is 6.10 Å². The highest BCUT2D eigenvalue weighted by molar-refractivity contribution is 5.14. The summed E-state index contributed by atoms with van der Waals surface area (Å²) < 4.78 is 0. The zero-order chi connectivity index (χ0) is 13.5. The smallest absolute Gasteiger partial charge is 0.0664 e. The second kappa shape index (κ2) is 7.63. The highest BCUT2D eigenvalue weighted by Crippen LogP contribution is 2.13. The maximum absolute atomic E-state index is 9.73. The number of aliphatic hydroxyl groups excluding tert-OH is 1. The van der Waals surface area contributed by atoms with E-state index < -0.39 is 0 Å². The molecule has 0 aliphatic carbocycles. The number of nitrogens with one attached hydrogen (secondary N) is 1. The summed E-state index contributed by atoms with van der Waals surface area (Å²) in [6, 6.07) is 11.2. The molecule has 3 heteroatoms. The third-order valence-corrected chi connectivity index (χ3v) is 3.79. The van der Waals surface area contributed by atoms with Gasteiger partial charge in [-0.15, -0.1) is 0 Å². The average molecular weight is 262 g/mol. The first kappa shape index (κ1) is 14.5. The summed E-state index contributed by atoms with van der Waals surface area (Å²) in [6.45, 7) is 6.12. The minimum absolute atomic E-state index is 0.187. The Morgan fingerprint density at radius 2 is 2.16 bits per heavy atom. The monoisotopic (exact) mass is 262 g/mol. The summed E-state index contributed by atoms with van der Waals surface area (Å²) in [7, 11) is 0. The van der Waals surface area contributed by atoms with Crippen LogP contribution >= 0.6 is 0 Å². The van der Waals surface area contributed by atoms with E-state index in [2.05, 4.69) is 47.5 Å². The molecule has 0 radical (unpaired) electrons. The number of hydrogen-bond acceptors (Lipinski definition) is 3. The molecule has 2 atom stereocenters. The summed E-state index contributed by atoms with van der Waals surface area (Å²) in [6.07, 6.45) is 2.94. The van der Waals surface area contributed by atoms with Gasteiger partial charge in [0, 0.05) is 32.2 Å². The van der Waals surface area contributed by atoms with Crippen LogP contribution in [0, 0.1) is 0 Å². The average Bonchev–Trinajstić information content (AvgIpc) is 2.86. The SMILES string of the molecule is CCCC(O)CNC1CCN(Cc2ccccc2)C1. The quantitative estimate of drug-likeness (QED) is 0.789. The van der Waals surface area contributed by atoms with Crippen LogP contribution in [0.5, 0.6) is 0 Å². The van der Waals surface area contributed by atoms with E-state index in [1.54, 1.807) is 0 Å². The van der Waals surface area contributed by atoms with E-state index >= 15 is 0 Å². The van der Waals surface area contributed by atoms with Crippen molar-refractivity contribution in [3.8, 4) is 0 Å². The van der Waals surface area contributed by atoms with Gasteiger partial charge in [0.25, 0.3) is 0 Å². The molecule has 3 nitrogen and oxygen atoms in total. The summed E-state index contributed by atoms with van der Waals surface area (Å²) >= 11 is 0. The van der Waals surface area contributed by atoms with Crippen LogP contribution in [0.3, 0.4) is 0 Å². The summed E-state index contributed by atoms with van der Waals surface area (Å²) in [5.74, 6) is 0. The third kappa shape index (κ3) is 4.94. The Morgan fingerprint density at radius 1 is 1.37 bits per heavy atom. The van der Waals surface area contributed by atoms with Gasteiger partial charge in [-0.3, -0.25) is 4.90 Å². The molecule has 2 unspecified atom stereocenters. The van der Waals surface area contributed by atoms with Crippen LogP contribution in [-0.2, 0) is 6.54 Å². The van der Waals surface area contributed by atoms with Gasteiger partial charge in [-0.25, -0.2) is 0 Å². The van der Waals surface area contributed by atoms with E-state index in [0.29, 0.717) is 6.04 Å². The van der Waals surface area contributed by atoms with Gasteiger partial charge in [0.1, 0.15) is 0 Å². The maximum Gasteiger partial charge on any atom is 0.0664 e. The van der Waals surface area contributed by atoms with Gasteiger partial charge >= 0.3 is 0 Å². The lowest BCUT2D eigenvalue weighted by Crippen LogP contribution is -2.37. The number of nitrogens with zero attached hydrogens (tertiary/aromatic N) is 1. The van der Waals surface area contributed by atoms with Crippen molar-refractivity contribution in [3.05, 3.63) is 35.9 Å². The number of hydrogen-bond donors (Lipinski definition) is 2. The highest BCUT2D eigenvalue weighted by Gasteiger charge is 2.22. The predicted molar refractivity (Wildman–Crippen MR) is 79.0 cm³/mol. The molecular formula is C16H26N2O. The molecule has 1 aromatic rings. The van der Waals surface area contributed by atoms with E-state index in [1.165, 1.54) is 12.0 Å². The van der Waals surface area contributed by atoms with Crippen molar-refractivity contribution in [3.63, 3.8) is 0 Å². The van der Waals surface area contributed by atoms with Gasteiger partial charge in [-0.2, -0.15) is 0 Å². The van der Waals surface area contributed by atoms with Crippen LogP contribution in [0.2, 0.25) is 0 Å². The molecule has 2 rings (SSSR count). The fourth-order valence-electron chi connectivity index (χ4n) is 2.72. The van der Waals surface area contributed by atoms with Crippen molar-refractivity contribution in [2.24, 2.45) is 0 Å². The first-order valence-corrected chi connectivity index (χ1v) is 7.45. The molecule has 1 aliphatic rings. The lowest BCUT2D eigenvalue weighted by atomic mass is 10.2. The minimum atomic E-state index is -0.187. The van der Waals surface area contributed by atoms with Crippen molar-refractivity contribution in [1.29, 1.82) is 0 Å². The standard InChI is InChI=1S/C16H26N2O/c1-2-6-16(19)11-17-15-9-10-18(13-15)12-14-7-4-3-5-8-14/h3-5,7-8,15-17,19H,2,6,9-13H2,1H3. The molecule has 0 saturated carbocycles. The Balaban J connectivity index is 1.68. The molecule has 1 heterocycles. The van der Waals surface area contributed by atoms with Gasteiger partial charge in [-0.1, -0.05) is 43.7 Å². The van der Waals surface area contributed by atoms with Crippen LogP contribution < -0.4 is 5.32 Å². The number of rotatable bonds is 7. The van der Waals surface area contributed by atoms with E-state index in [1.807, 2.05) is 0 Å². The van der Waals surface area contributed by atoms with Gasteiger partial charge in [-0.05, 0) is 18.4 Å². The lowest BCUT2D eigenvalue weighted by Gasteiger charge is -2.18. The second-order valence-corrected chi connectivity index (χ2v) is 5.56. The van der Waals surface area contributed by atoms with E-state index in [4.69, 9.17) is 0 Å². The fraction of sp³-hybridized carbons (Fsp3) is 0.625. The Bertz CT molecular complexity index is 355. The molecule has 2 N–H and O–H groups in total. The van der Waals surface area contributed by atoms with Crippen molar-refractivity contribution >= 4 is 0 Å². The molecule has 0 bridgehead atoms. The van der Waals surface area contributed by atoms with Gasteiger partial charge in [0.2, 0.25) is 0 Å². The first-order valence-electron chi connectivity index (χ1n) is 7.45. The minimum Gasteiger partial charge on any atom is -0.392 e. The first-order chi connectivity index (χ1) is 9.28. The number of likely N-dealkylation sites (tertiary alicyclic amines) is 1. The van der Waals surface area contributed by atoms with Crippen molar-refractivity contribution in [2.75, 3.05) is 19.6 Å². The molecule has 0 aromatic heterocycles. The molecule has 0 spiro atoms. The Labute approximate surface area is 116 Å². The van der Waals surface area contributed by atoms with Crippen LogP contribution in [-0.4, -0.2) is 41.8 Å². The summed E-state index contributed by atoms with van der Waals surface area (Å²) in [5, 5.41) is 13.2. The molecule has 1 fully saturated rings. The third-order valence-electron chi connectivity index (χ3n) is 3.79. The number of benzene rings is 1.